The number of ether oxygens (including phenoxy) is 1. The van der Waals surface area contributed by atoms with Gasteiger partial charge in [-0.25, -0.2) is 4.98 Å². The minimum atomic E-state index is 0.116. The number of hydrogen-bond donors (Lipinski definition) is 1. The molecule has 0 unspecified atom stereocenters. The van der Waals surface area contributed by atoms with Crippen molar-refractivity contribution in [2.75, 3.05) is 7.11 Å². The molecule has 3 rings (SSSR count). The summed E-state index contributed by atoms with van der Waals surface area (Å²) in [4.78, 5) is 4.54. The number of phenolic OH excluding ortho intramolecular Hbond substituents is 1. The second-order valence-corrected chi connectivity index (χ2v) is 5.94. The standard InChI is InChI=1S/C14H10BrNO2S/c1-18-11-7-8(15)6-9(13(11)17)14-16-10-4-2-3-5-12(10)19-14/h2-7,17H,1H3. The van der Waals surface area contributed by atoms with Crippen LogP contribution in [0.4, 0.5) is 0 Å². The van der Waals surface area contributed by atoms with Gasteiger partial charge >= 0.3 is 0 Å². The number of halogens is 1. The largest absolute Gasteiger partial charge is 0.504 e. The first-order chi connectivity index (χ1) is 9.19. The molecular weight excluding hydrogens is 326 g/mol. The number of hydrogen-bond acceptors (Lipinski definition) is 4. The number of para-hydroxylation sites is 1. The van der Waals surface area contributed by atoms with Gasteiger partial charge in [0, 0.05) is 4.47 Å². The van der Waals surface area contributed by atoms with Gasteiger partial charge in [0.1, 0.15) is 5.01 Å². The van der Waals surface area contributed by atoms with Crippen molar-refractivity contribution in [3.05, 3.63) is 40.9 Å². The van der Waals surface area contributed by atoms with Crippen LogP contribution in [0.2, 0.25) is 0 Å². The lowest BCUT2D eigenvalue weighted by Crippen LogP contribution is -1.86. The molecule has 0 atom stereocenters. The summed E-state index contributed by atoms with van der Waals surface area (Å²) in [5.41, 5.74) is 1.60. The van der Waals surface area contributed by atoms with Crippen molar-refractivity contribution >= 4 is 37.5 Å². The van der Waals surface area contributed by atoms with Crippen LogP contribution in [-0.2, 0) is 0 Å². The third kappa shape index (κ3) is 2.19. The Hall–Kier alpha value is -1.59. The molecule has 0 fully saturated rings. The summed E-state index contributed by atoms with van der Waals surface area (Å²) in [6.45, 7) is 0. The van der Waals surface area contributed by atoms with Gasteiger partial charge in [0.2, 0.25) is 0 Å². The Bertz CT molecular complexity index is 721. The van der Waals surface area contributed by atoms with E-state index in [2.05, 4.69) is 20.9 Å². The van der Waals surface area contributed by atoms with E-state index in [0.717, 1.165) is 19.7 Å². The minimum absolute atomic E-state index is 0.116. The summed E-state index contributed by atoms with van der Waals surface area (Å²) in [5, 5.41) is 11.0. The highest BCUT2D eigenvalue weighted by Crippen LogP contribution is 2.42. The summed E-state index contributed by atoms with van der Waals surface area (Å²) in [6, 6.07) is 11.5. The molecule has 0 aliphatic carbocycles. The maximum Gasteiger partial charge on any atom is 0.168 e. The number of fused-ring (bicyclic) bond motifs is 1. The fourth-order valence-corrected chi connectivity index (χ4v) is 3.30. The van der Waals surface area contributed by atoms with Gasteiger partial charge in [-0.05, 0) is 24.3 Å². The molecule has 1 heterocycles. The average Bonchev–Trinajstić information content (AvgIpc) is 2.84. The molecule has 19 heavy (non-hydrogen) atoms. The molecule has 0 saturated carbocycles. The first kappa shape index (κ1) is 12.4. The van der Waals surface area contributed by atoms with E-state index in [1.54, 1.807) is 17.4 Å². The fourth-order valence-electron chi connectivity index (χ4n) is 1.88. The lowest BCUT2D eigenvalue weighted by atomic mass is 10.2. The molecule has 3 nitrogen and oxygen atoms in total. The highest BCUT2D eigenvalue weighted by molar-refractivity contribution is 9.10. The van der Waals surface area contributed by atoms with Crippen LogP contribution in [0.25, 0.3) is 20.8 Å². The number of thiazole rings is 1. The van der Waals surface area contributed by atoms with Gasteiger partial charge < -0.3 is 9.84 Å². The van der Waals surface area contributed by atoms with Crippen LogP contribution in [0.15, 0.2) is 40.9 Å². The number of benzene rings is 2. The molecule has 0 aliphatic heterocycles. The van der Waals surface area contributed by atoms with Crippen molar-refractivity contribution in [3.63, 3.8) is 0 Å². The van der Waals surface area contributed by atoms with Crippen LogP contribution in [0.5, 0.6) is 11.5 Å². The molecule has 0 amide bonds. The first-order valence-corrected chi connectivity index (χ1v) is 7.22. The summed E-state index contributed by atoms with van der Waals surface area (Å²) >= 11 is 4.96. The van der Waals surface area contributed by atoms with Crippen molar-refractivity contribution in [1.29, 1.82) is 0 Å². The topological polar surface area (TPSA) is 42.4 Å². The van der Waals surface area contributed by atoms with Crippen molar-refractivity contribution in [1.82, 2.24) is 4.98 Å². The van der Waals surface area contributed by atoms with Gasteiger partial charge in [-0.2, -0.15) is 0 Å². The summed E-state index contributed by atoms with van der Waals surface area (Å²) < 4.78 is 7.10. The first-order valence-electron chi connectivity index (χ1n) is 5.61. The molecule has 0 aliphatic rings. The molecule has 96 valence electrons. The van der Waals surface area contributed by atoms with E-state index in [9.17, 15) is 5.11 Å². The zero-order valence-corrected chi connectivity index (χ0v) is 12.5. The Kier molecular flexibility index (Phi) is 3.16. The molecule has 0 saturated heterocycles. The smallest absolute Gasteiger partial charge is 0.168 e. The van der Waals surface area contributed by atoms with Gasteiger partial charge in [-0.1, -0.05) is 28.1 Å². The maximum atomic E-state index is 10.2. The van der Waals surface area contributed by atoms with E-state index in [-0.39, 0.29) is 5.75 Å². The van der Waals surface area contributed by atoms with Crippen molar-refractivity contribution in [3.8, 4) is 22.1 Å². The summed E-state index contributed by atoms with van der Waals surface area (Å²) in [6.07, 6.45) is 0. The van der Waals surface area contributed by atoms with Gasteiger partial charge in [0.15, 0.2) is 11.5 Å². The van der Waals surface area contributed by atoms with E-state index in [4.69, 9.17) is 4.74 Å². The van der Waals surface area contributed by atoms with Crippen molar-refractivity contribution < 1.29 is 9.84 Å². The van der Waals surface area contributed by atoms with Gasteiger partial charge in [-0.15, -0.1) is 11.3 Å². The molecule has 0 spiro atoms. The predicted octanol–water partition coefficient (Wildman–Crippen LogP) is 4.44. The van der Waals surface area contributed by atoms with Crippen LogP contribution in [0.1, 0.15) is 0 Å². The number of rotatable bonds is 2. The van der Waals surface area contributed by atoms with Crippen LogP contribution in [0, 0.1) is 0 Å². The van der Waals surface area contributed by atoms with E-state index in [1.165, 1.54) is 7.11 Å². The zero-order chi connectivity index (χ0) is 13.4. The number of nitrogens with zero attached hydrogens (tertiary/aromatic N) is 1. The maximum absolute atomic E-state index is 10.2. The predicted molar refractivity (Wildman–Crippen MR) is 81.0 cm³/mol. The molecule has 0 radical (unpaired) electrons. The van der Waals surface area contributed by atoms with Crippen LogP contribution >= 0.6 is 27.3 Å². The third-order valence-corrected chi connectivity index (χ3v) is 4.31. The monoisotopic (exact) mass is 335 g/mol. The summed E-state index contributed by atoms with van der Waals surface area (Å²) in [5.74, 6) is 0.549. The second-order valence-electron chi connectivity index (χ2n) is 3.99. The minimum Gasteiger partial charge on any atom is -0.504 e. The van der Waals surface area contributed by atoms with Crippen LogP contribution in [0.3, 0.4) is 0 Å². The Morgan fingerprint density at radius 2 is 2.05 bits per heavy atom. The van der Waals surface area contributed by atoms with E-state index < -0.39 is 0 Å². The number of methoxy groups -OCH3 is 1. The van der Waals surface area contributed by atoms with E-state index in [1.807, 2.05) is 30.3 Å². The lowest BCUT2D eigenvalue weighted by Gasteiger charge is -2.07. The zero-order valence-electron chi connectivity index (χ0n) is 10.1. The van der Waals surface area contributed by atoms with Gasteiger partial charge in [0.05, 0.1) is 22.9 Å². The molecule has 2 aromatic carbocycles. The number of phenols is 1. The highest BCUT2D eigenvalue weighted by atomic mass is 79.9. The molecule has 0 bridgehead atoms. The summed E-state index contributed by atoms with van der Waals surface area (Å²) in [7, 11) is 1.53. The van der Waals surface area contributed by atoms with Gasteiger partial charge in [-0.3, -0.25) is 0 Å². The third-order valence-electron chi connectivity index (χ3n) is 2.78. The molecular formula is C14H10BrNO2S. The number of aromatic hydroxyl groups is 1. The fraction of sp³-hybridized carbons (Fsp3) is 0.0714. The number of aromatic nitrogens is 1. The average molecular weight is 336 g/mol. The normalized spacial score (nSPS) is 10.8. The van der Waals surface area contributed by atoms with Crippen molar-refractivity contribution in [2.45, 2.75) is 0 Å². The Labute approximate surface area is 122 Å². The highest BCUT2D eigenvalue weighted by Gasteiger charge is 2.15. The van der Waals surface area contributed by atoms with Crippen molar-refractivity contribution in [2.24, 2.45) is 0 Å². The van der Waals surface area contributed by atoms with Gasteiger partial charge in [0.25, 0.3) is 0 Å². The molecule has 1 aromatic heterocycles. The Morgan fingerprint density at radius 1 is 1.26 bits per heavy atom. The Balaban J connectivity index is 2.23. The SMILES string of the molecule is COc1cc(Br)cc(-c2nc3ccccc3s2)c1O. The molecule has 5 heteroatoms. The molecule has 3 aromatic rings. The van der Waals surface area contributed by atoms with E-state index in [0.29, 0.717) is 11.3 Å². The van der Waals surface area contributed by atoms with E-state index >= 15 is 0 Å². The Morgan fingerprint density at radius 3 is 2.79 bits per heavy atom. The lowest BCUT2D eigenvalue weighted by molar-refractivity contribution is 0.374. The van der Waals surface area contributed by atoms with Crippen LogP contribution in [-0.4, -0.2) is 17.2 Å². The second kappa shape index (κ2) is 4.83. The van der Waals surface area contributed by atoms with Crippen LogP contribution < -0.4 is 4.74 Å². The quantitative estimate of drug-likeness (QED) is 0.752. The molecule has 1 N–H and O–H groups in total.